The van der Waals surface area contributed by atoms with E-state index in [1.54, 1.807) is 0 Å². The number of hydrogen-bond donors (Lipinski definition) is 1. The highest BCUT2D eigenvalue weighted by Crippen LogP contribution is 2.16. The Hall–Kier alpha value is -1.30. The van der Waals surface area contributed by atoms with Gasteiger partial charge in [0.2, 0.25) is 0 Å². The number of methoxy groups -OCH3 is 1. The monoisotopic (exact) mass is 286 g/mol. The number of carbonyl (C=O) groups excluding carboxylic acids is 2. The lowest BCUT2D eigenvalue weighted by atomic mass is 9.98. The second-order valence-electron chi connectivity index (χ2n) is 6.20. The van der Waals surface area contributed by atoms with Gasteiger partial charge in [-0.1, -0.05) is 0 Å². The van der Waals surface area contributed by atoms with Crippen molar-refractivity contribution in [3.8, 4) is 0 Å². The van der Waals surface area contributed by atoms with E-state index in [4.69, 9.17) is 4.74 Å². The van der Waals surface area contributed by atoms with Gasteiger partial charge in [0.1, 0.15) is 5.60 Å². The van der Waals surface area contributed by atoms with Gasteiger partial charge in [-0.2, -0.15) is 0 Å². The van der Waals surface area contributed by atoms with Crippen molar-refractivity contribution in [2.45, 2.75) is 39.2 Å². The van der Waals surface area contributed by atoms with Crippen LogP contribution >= 0.6 is 0 Å². The number of ether oxygens (including phenoxy) is 2. The van der Waals surface area contributed by atoms with E-state index in [9.17, 15) is 9.59 Å². The summed E-state index contributed by atoms with van der Waals surface area (Å²) in [6, 6.07) is 0. The van der Waals surface area contributed by atoms with Gasteiger partial charge in [-0.25, -0.2) is 4.79 Å². The van der Waals surface area contributed by atoms with Gasteiger partial charge in [0, 0.05) is 13.1 Å². The number of rotatable bonds is 4. The molecule has 0 aromatic rings. The molecule has 1 aliphatic rings. The van der Waals surface area contributed by atoms with Crippen LogP contribution in [0.4, 0.5) is 4.79 Å². The lowest BCUT2D eigenvalue weighted by Gasteiger charge is -2.32. The summed E-state index contributed by atoms with van der Waals surface area (Å²) in [7, 11) is 1.40. The van der Waals surface area contributed by atoms with E-state index in [1.165, 1.54) is 7.11 Å². The molecule has 1 amide bonds. The van der Waals surface area contributed by atoms with Crippen molar-refractivity contribution >= 4 is 12.1 Å². The zero-order valence-corrected chi connectivity index (χ0v) is 12.9. The molecule has 6 heteroatoms. The topological polar surface area (TPSA) is 67.9 Å². The minimum Gasteiger partial charge on any atom is -0.468 e. The van der Waals surface area contributed by atoms with Gasteiger partial charge in [0.25, 0.3) is 0 Å². The van der Waals surface area contributed by atoms with Crippen LogP contribution in [0, 0.1) is 5.92 Å². The standard InChI is InChI=1S/C14H26N2O4/c1-14(2,3)20-13(18)15-8-11-6-5-7-16(9-11)10-12(17)19-4/h11H,5-10H2,1-4H3,(H,15,18). The molecule has 1 saturated heterocycles. The third kappa shape index (κ3) is 6.75. The smallest absolute Gasteiger partial charge is 0.407 e. The maximum absolute atomic E-state index is 11.6. The summed E-state index contributed by atoms with van der Waals surface area (Å²) in [4.78, 5) is 24.9. The second-order valence-corrected chi connectivity index (χ2v) is 6.20. The van der Waals surface area contributed by atoms with Crippen LogP contribution in [0.3, 0.4) is 0 Å². The van der Waals surface area contributed by atoms with Crippen LogP contribution in [0.2, 0.25) is 0 Å². The number of hydrogen-bond acceptors (Lipinski definition) is 5. The van der Waals surface area contributed by atoms with Gasteiger partial charge in [0.05, 0.1) is 13.7 Å². The first-order valence-corrected chi connectivity index (χ1v) is 7.06. The zero-order valence-electron chi connectivity index (χ0n) is 12.9. The van der Waals surface area contributed by atoms with Crippen LogP contribution in [0.5, 0.6) is 0 Å². The summed E-state index contributed by atoms with van der Waals surface area (Å²) >= 11 is 0. The summed E-state index contributed by atoms with van der Waals surface area (Å²) in [6.45, 7) is 8.11. The molecule has 1 atom stereocenters. The predicted molar refractivity (Wildman–Crippen MR) is 75.4 cm³/mol. The Kier molecular flexibility index (Phi) is 6.26. The van der Waals surface area contributed by atoms with Crippen molar-refractivity contribution in [1.29, 1.82) is 0 Å². The molecule has 6 nitrogen and oxygen atoms in total. The molecular weight excluding hydrogens is 260 g/mol. The van der Waals surface area contributed by atoms with Crippen molar-refractivity contribution < 1.29 is 19.1 Å². The van der Waals surface area contributed by atoms with E-state index in [-0.39, 0.29) is 12.1 Å². The minimum atomic E-state index is -0.479. The minimum absolute atomic E-state index is 0.217. The summed E-state index contributed by atoms with van der Waals surface area (Å²) in [6.07, 6.45) is 1.69. The molecule has 1 unspecified atom stereocenters. The first kappa shape index (κ1) is 16.8. The number of piperidine rings is 1. The molecule has 0 aliphatic carbocycles. The molecule has 116 valence electrons. The molecule has 0 bridgehead atoms. The fourth-order valence-electron chi connectivity index (χ4n) is 2.25. The Labute approximate surface area is 120 Å². The summed E-state index contributed by atoms with van der Waals surface area (Å²) in [5, 5.41) is 2.79. The van der Waals surface area contributed by atoms with Crippen LogP contribution in [0.25, 0.3) is 0 Å². The third-order valence-corrected chi connectivity index (χ3v) is 3.12. The molecule has 1 heterocycles. The van der Waals surface area contributed by atoms with E-state index in [0.29, 0.717) is 19.0 Å². The summed E-state index contributed by atoms with van der Waals surface area (Å²) < 4.78 is 9.87. The quantitative estimate of drug-likeness (QED) is 0.791. The highest BCUT2D eigenvalue weighted by molar-refractivity contribution is 5.71. The van der Waals surface area contributed by atoms with Gasteiger partial charge in [-0.15, -0.1) is 0 Å². The third-order valence-electron chi connectivity index (χ3n) is 3.12. The second kappa shape index (κ2) is 7.47. The van der Waals surface area contributed by atoms with Crippen LogP contribution in [0.15, 0.2) is 0 Å². The molecule has 1 rings (SSSR count). The van der Waals surface area contributed by atoms with Gasteiger partial charge >= 0.3 is 12.1 Å². The molecule has 1 fully saturated rings. The van der Waals surface area contributed by atoms with Crippen molar-refractivity contribution in [3.63, 3.8) is 0 Å². The van der Waals surface area contributed by atoms with Crippen molar-refractivity contribution in [3.05, 3.63) is 0 Å². The number of nitrogens with zero attached hydrogens (tertiary/aromatic N) is 1. The highest BCUT2D eigenvalue weighted by atomic mass is 16.6. The van der Waals surface area contributed by atoms with Gasteiger partial charge < -0.3 is 14.8 Å². The van der Waals surface area contributed by atoms with E-state index >= 15 is 0 Å². The summed E-state index contributed by atoms with van der Waals surface area (Å²) in [5.41, 5.74) is -0.479. The van der Waals surface area contributed by atoms with Crippen LogP contribution < -0.4 is 5.32 Å². The number of carbonyl (C=O) groups is 2. The van der Waals surface area contributed by atoms with Crippen molar-refractivity contribution in [2.75, 3.05) is 33.3 Å². The summed E-state index contributed by atoms with van der Waals surface area (Å²) in [5.74, 6) is 0.131. The Bertz CT molecular complexity index is 339. The van der Waals surface area contributed by atoms with E-state index in [1.807, 2.05) is 20.8 Å². The average molecular weight is 286 g/mol. The molecule has 0 radical (unpaired) electrons. The maximum Gasteiger partial charge on any atom is 0.407 e. The molecule has 0 aromatic carbocycles. The van der Waals surface area contributed by atoms with Gasteiger partial charge in [0.15, 0.2) is 0 Å². The van der Waals surface area contributed by atoms with Crippen LogP contribution in [0.1, 0.15) is 33.6 Å². The first-order chi connectivity index (χ1) is 9.30. The number of amides is 1. The highest BCUT2D eigenvalue weighted by Gasteiger charge is 2.23. The molecule has 0 saturated carbocycles. The largest absolute Gasteiger partial charge is 0.468 e. The SMILES string of the molecule is COC(=O)CN1CCCC(CNC(=O)OC(C)(C)C)C1. The van der Waals surface area contributed by atoms with Gasteiger partial charge in [-0.05, 0) is 46.1 Å². The molecule has 1 aliphatic heterocycles. The predicted octanol–water partition coefficient (Wildman–Crippen LogP) is 1.40. The maximum atomic E-state index is 11.6. The molecule has 0 spiro atoms. The Morgan fingerprint density at radius 2 is 2.05 bits per heavy atom. The lowest BCUT2D eigenvalue weighted by Crippen LogP contribution is -2.43. The Morgan fingerprint density at radius 1 is 1.35 bits per heavy atom. The van der Waals surface area contributed by atoms with E-state index in [2.05, 4.69) is 15.0 Å². The normalized spacial score (nSPS) is 20.3. The van der Waals surface area contributed by atoms with Crippen molar-refractivity contribution in [2.24, 2.45) is 5.92 Å². The molecule has 1 N–H and O–H groups in total. The van der Waals surface area contributed by atoms with Gasteiger partial charge in [-0.3, -0.25) is 9.69 Å². The number of likely N-dealkylation sites (tertiary alicyclic amines) is 1. The number of nitrogens with one attached hydrogen (secondary N) is 1. The van der Waals surface area contributed by atoms with Crippen LogP contribution in [-0.2, 0) is 14.3 Å². The average Bonchev–Trinajstić information content (AvgIpc) is 2.34. The fraction of sp³-hybridized carbons (Fsp3) is 0.857. The molecule has 20 heavy (non-hydrogen) atoms. The van der Waals surface area contributed by atoms with E-state index in [0.717, 1.165) is 25.9 Å². The Balaban J connectivity index is 2.30. The lowest BCUT2D eigenvalue weighted by molar-refractivity contribution is -0.142. The number of alkyl carbamates (subject to hydrolysis) is 1. The molecule has 0 aromatic heterocycles. The number of esters is 1. The van der Waals surface area contributed by atoms with Crippen molar-refractivity contribution in [1.82, 2.24) is 10.2 Å². The fourth-order valence-corrected chi connectivity index (χ4v) is 2.25. The van der Waals surface area contributed by atoms with E-state index < -0.39 is 5.60 Å². The van der Waals surface area contributed by atoms with Crippen LogP contribution in [-0.4, -0.2) is 55.9 Å². The first-order valence-electron chi connectivity index (χ1n) is 7.06. The zero-order chi connectivity index (χ0) is 15.2. The molecular formula is C14H26N2O4. The Morgan fingerprint density at radius 3 is 2.65 bits per heavy atom.